The van der Waals surface area contributed by atoms with Crippen LogP contribution in [0.4, 0.5) is 5.82 Å². The molecule has 0 aliphatic carbocycles. The van der Waals surface area contributed by atoms with Crippen LogP contribution < -0.4 is 5.32 Å². The Morgan fingerprint density at radius 3 is 2.67 bits per heavy atom. The summed E-state index contributed by atoms with van der Waals surface area (Å²) in [6.45, 7) is 0.572. The maximum absolute atomic E-state index is 11.3. The zero-order chi connectivity index (χ0) is 15.2. The van der Waals surface area contributed by atoms with Crippen LogP contribution in [0.3, 0.4) is 0 Å². The molecule has 2 rings (SSSR count). The molecule has 1 aromatic carbocycles. The third-order valence-corrected chi connectivity index (χ3v) is 3.45. The summed E-state index contributed by atoms with van der Waals surface area (Å²) in [4.78, 5) is 19.7. The van der Waals surface area contributed by atoms with E-state index in [0.29, 0.717) is 28.2 Å². The predicted molar refractivity (Wildman–Crippen MR) is 83.9 cm³/mol. The Hall–Kier alpha value is -1.79. The topological polar surface area (TPSA) is 64.1 Å². The number of rotatable bonds is 5. The smallest absolute Gasteiger partial charge is 0.337 e. The van der Waals surface area contributed by atoms with Gasteiger partial charge in [-0.05, 0) is 24.0 Å². The van der Waals surface area contributed by atoms with E-state index >= 15 is 0 Å². The molecule has 2 aromatic rings. The first-order valence-electron chi connectivity index (χ1n) is 6.12. The second kappa shape index (κ2) is 7.28. The molecule has 110 valence electrons. The molecule has 0 aliphatic rings. The highest BCUT2D eigenvalue weighted by Crippen LogP contribution is 2.18. The maximum atomic E-state index is 11.3. The third-order valence-electron chi connectivity index (χ3n) is 2.71. The molecule has 0 bridgehead atoms. The monoisotopic (exact) mass is 323 g/mol. The number of methoxy groups -OCH3 is 1. The Bertz CT molecular complexity index is 635. The van der Waals surface area contributed by atoms with Crippen LogP contribution in [0.2, 0.25) is 5.15 Å². The lowest BCUT2D eigenvalue weighted by Gasteiger charge is -2.07. The van der Waals surface area contributed by atoms with Crippen molar-refractivity contribution >= 4 is 35.1 Å². The van der Waals surface area contributed by atoms with Gasteiger partial charge in [0.1, 0.15) is 11.0 Å². The molecule has 1 aromatic heterocycles. The Morgan fingerprint density at radius 1 is 1.33 bits per heavy atom. The molecule has 7 heteroatoms. The lowest BCUT2D eigenvalue weighted by Crippen LogP contribution is -2.04. The first-order chi connectivity index (χ1) is 10.1. The van der Waals surface area contributed by atoms with Gasteiger partial charge in [0.2, 0.25) is 0 Å². The molecule has 1 heterocycles. The van der Waals surface area contributed by atoms with Gasteiger partial charge in [0.15, 0.2) is 5.16 Å². The van der Waals surface area contributed by atoms with Crippen molar-refractivity contribution in [1.82, 2.24) is 9.97 Å². The van der Waals surface area contributed by atoms with Crippen LogP contribution in [-0.2, 0) is 11.3 Å². The van der Waals surface area contributed by atoms with Gasteiger partial charge in [-0.3, -0.25) is 0 Å². The van der Waals surface area contributed by atoms with Crippen molar-refractivity contribution in [3.63, 3.8) is 0 Å². The van der Waals surface area contributed by atoms with E-state index in [1.54, 1.807) is 18.2 Å². The fourth-order valence-electron chi connectivity index (χ4n) is 1.65. The number of aromatic nitrogens is 2. The zero-order valence-corrected chi connectivity index (χ0v) is 13.2. The quantitative estimate of drug-likeness (QED) is 0.394. The van der Waals surface area contributed by atoms with Crippen LogP contribution in [0, 0.1) is 0 Å². The predicted octanol–water partition coefficient (Wildman–Crippen LogP) is 3.25. The number of hydrogen-bond acceptors (Lipinski definition) is 6. The van der Waals surface area contributed by atoms with E-state index in [1.807, 2.05) is 18.4 Å². The van der Waals surface area contributed by atoms with Gasteiger partial charge in [-0.2, -0.15) is 0 Å². The van der Waals surface area contributed by atoms with Crippen LogP contribution in [0.25, 0.3) is 0 Å². The molecule has 1 N–H and O–H groups in total. The second-order valence-electron chi connectivity index (χ2n) is 4.10. The maximum Gasteiger partial charge on any atom is 0.337 e. The van der Waals surface area contributed by atoms with Crippen molar-refractivity contribution in [2.24, 2.45) is 0 Å². The van der Waals surface area contributed by atoms with Crippen LogP contribution in [-0.4, -0.2) is 29.3 Å². The molecule has 0 saturated carbocycles. The van der Waals surface area contributed by atoms with E-state index in [1.165, 1.54) is 18.9 Å². The van der Waals surface area contributed by atoms with E-state index in [4.69, 9.17) is 11.6 Å². The number of anilines is 1. The molecule has 0 spiro atoms. The first kappa shape index (κ1) is 15.6. The minimum absolute atomic E-state index is 0.346. The van der Waals surface area contributed by atoms with E-state index in [2.05, 4.69) is 20.0 Å². The zero-order valence-electron chi connectivity index (χ0n) is 11.6. The third kappa shape index (κ3) is 4.34. The lowest BCUT2D eigenvalue weighted by molar-refractivity contribution is 0.0600. The van der Waals surface area contributed by atoms with Crippen LogP contribution >= 0.6 is 23.4 Å². The Labute approximate surface area is 132 Å². The van der Waals surface area contributed by atoms with Crippen molar-refractivity contribution < 1.29 is 9.53 Å². The molecule has 0 atom stereocenters. The van der Waals surface area contributed by atoms with Crippen molar-refractivity contribution in [2.45, 2.75) is 11.7 Å². The highest BCUT2D eigenvalue weighted by molar-refractivity contribution is 7.98. The molecular formula is C14H14ClN3O2S. The van der Waals surface area contributed by atoms with E-state index in [9.17, 15) is 4.79 Å². The van der Waals surface area contributed by atoms with E-state index in [0.717, 1.165) is 5.56 Å². The van der Waals surface area contributed by atoms with Gasteiger partial charge in [0, 0.05) is 12.6 Å². The van der Waals surface area contributed by atoms with Crippen LogP contribution in [0.1, 0.15) is 15.9 Å². The summed E-state index contributed by atoms with van der Waals surface area (Å²) in [7, 11) is 1.36. The standard InChI is InChI=1S/C14H14ClN3O2S/c1-20-13(19)10-5-3-9(4-6-10)8-16-12-7-11(15)17-14(18-12)21-2/h3-7H,8H2,1-2H3,(H,16,17,18). The summed E-state index contributed by atoms with van der Waals surface area (Å²) in [5.41, 5.74) is 1.54. The molecule has 21 heavy (non-hydrogen) atoms. The van der Waals surface area contributed by atoms with E-state index in [-0.39, 0.29) is 5.97 Å². The average Bonchev–Trinajstić information content (AvgIpc) is 2.52. The van der Waals surface area contributed by atoms with Gasteiger partial charge < -0.3 is 10.1 Å². The van der Waals surface area contributed by atoms with E-state index < -0.39 is 0 Å². The minimum atomic E-state index is -0.346. The highest BCUT2D eigenvalue weighted by Gasteiger charge is 2.05. The summed E-state index contributed by atoms with van der Waals surface area (Å²) in [6, 6.07) is 8.84. The fourth-order valence-corrected chi connectivity index (χ4v) is 2.26. The van der Waals surface area contributed by atoms with Crippen LogP contribution in [0.5, 0.6) is 0 Å². The van der Waals surface area contributed by atoms with Gasteiger partial charge in [-0.15, -0.1) is 0 Å². The molecule has 5 nitrogen and oxygen atoms in total. The number of halogens is 1. The summed E-state index contributed by atoms with van der Waals surface area (Å²) in [5, 5.41) is 4.19. The average molecular weight is 324 g/mol. The molecule has 0 fully saturated rings. The number of carbonyl (C=O) groups is 1. The van der Waals surface area contributed by atoms with Crippen molar-refractivity contribution in [1.29, 1.82) is 0 Å². The number of nitrogens with zero attached hydrogens (tertiary/aromatic N) is 2. The molecule has 0 unspecified atom stereocenters. The fraction of sp³-hybridized carbons (Fsp3) is 0.214. The number of hydrogen-bond donors (Lipinski definition) is 1. The SMILES string of the molecule is COC(=O)c1ccc(CNc2cc(Cl)nc(SC)n2)cc1. The Morgan fingerprint density at radius 2 is 2.05 bits per heavy atom. The number of nitrogens with one attached hydrogen (secondary N) is 1. The van der Waals surface area contributed by atoms with Gasteiger partial charge in [0.05, 0.1) is 12.7 Å². The number of thioether (sulfide) groups is 1. The minimum Gasteiger partial charge on any atom is -0.465 e. The number of esters is 1. The molecule has 0 saturated heterocycles. The summed E-state index contributed by atoms with van der Waals surface area (Å²) < 4.78 is 4.66. The van der Waals surface area contributed by atoms with Crippen LogP contribution in [0.15, 0.2) is 35.5 Å². The number of carbonyl (C=O) groups excluding carboxylic acids is 1. The summed E-state index contributed by atoms with van der Waals surface area (Å²) in [5.74, 6) is 0.318. The Kier molecular flexibility index (Phi) is 5.41. The molecular weight excluding hydrogens is 310 g/mol. The largest absolute Gasteiger partial charge is 0.465 e. The van der Waals surface area contributed by atoms with Crippen molar-refractivity contribution in [2.75, 3.05) is 18.7 Å². The molecule has 0 aliphatic heterocycles. The molecule has 0 radical (unpaired) electrons. The number of ether oxygens (including phenoxy) is 1. The van der Waals surface area contributed by atoms with Gasteiger partial charge in [-0.25, -0.2) is 14.8 Å². The van der Waals surface area contributed by atoms with Crippen molar-refractivity contribution in [3.05, 3.63) is 46.6 Å². The first-order valence-corrected chi connectivity index (χ1v) is 7.72. The summed E-state index contributed by atoms with van der Waals surface area (Å²) in [6.07, 6.45) is 1.89. The normalized spacial score (nSPS) is 10.2. The second-order valence-corrected chi connectivity index (χ2v) is 5.27. The summed E-state index contributed by atoms with van der Waals surface area (Å²) >= 11 is 7.35. The lowest BCUT2D eigenvalue weighted by atomic mass is 10.1. The van der Waals surface area contributed by atoms with Gasteiger partial charge >= 0.3 is 5.97 Å². The van der Waals surface area contributed by atoms with Gasteiger partial charge in [-0.1, -0.05) is 35.5 Å². The van der Waals surface area contributed by atoms with Crippen molar-refractivity contribution in [3.8, 4) is 0 Å². The number of benzene rings is 1. The Balaban J connectivity index is 2.03. The molecule has 0 amide bonds. The van der Waals surface area contributed by atoms with Gasteiger partial charge in [0.25, 0.3) is 0 Å². The highest BCUT2D eigenvalue weighted by atomic mass is 35.5.